The first kappa shape index (κ1) is 37.0. The Balaban J connectivity index is 1.54. The van der Waals surface area contributed by atoms with Crippen molar-refractivity contribution in [2.24, 2.45) is 10.8 Å². The normalized spacial score (nSPS) is 12.7. The number of nitrogens with one attached hydrogen (secondary N) is 1. The Morgan fingerprint density at radius 3 is 1.42 bits per heavy atom. The van der Waals surface area contributed by atoms with Gasteiger partial charge in [-0.25, -0.2) is 0 Å². The van der Waals surface area contributed by atoms with E-state index >= 15 is 0 Å². The summed E-state index contributed by atoms with van der Waals surface area (Å²) in [6, 6.07) is 41.3. The van der Waals surface area contributed by atoms with E-state index in [1.165, 1.54) is 44.4 Å². The molecular formula is C47H61N3. The van der Waals surface area contributed by atoms with Gasteiger partial charge in [-0.15, -0.1) is 0 Å². The summed E-state index contributed by atoms with van der Waals surface area (Å²) in [7, 11) is 0. The Bertz CT molecular complexity index is 1740. The van der Waals surface area contributed by atoms with Crippen molar-refractivity contribution >= 4 is 33.5 Å². The Hall–Kier alpha value is -4.24. The standard InChI is InChI=1S/C47H61N3/c1-11-49(12-2)38-27-21-35(22-28-38)45(36-23-29-39(30-24-36)50(13-3)14-4)42-31-32-44(41-18-16-15-17-40(41)42)48-37-25-19-34(20-26-37)43(47(8,9)10)33-46(5,6)7/h15-32,43,45,48H,11-14,33H2,1-10H3. The average molecular weight is 668 g/mol. The second-order valence-electron chi connectivity index (χ2n) is 16.1. The van der Waals surface area contributed by atoms with Crippen LogP contribution in [-0.2, 0) is 0 Å². The van der Waals surface area contributed by atoms with Crippen LogP contribution in [0.1, 0.15) is 110 Å². The zero-order valence-corrected chi connectivity index (χ0v) is 32.5. The molecular weight excluding hydrogens is 607 g/mol. The summed E-state index contributed by atoms with van der Waals surface area (Å²) in [6.07, 6.45) is 1.16. The third kappa shape index (κ3) is 8.55. The fourth-order valence-corrected chi connectivity index (χ4v) is 7.66. The molecule has 5 aromatic rings. The van der Waals surface area contributed by atoms with Crippen LogP contribution >= 0.6 is 0 Å². The Labute approximate surface area is 303 Å². The van der Waals surface area contributed by atoms with Crippen molar-refractivity contribution in [3.05, 3.63) is 131 Å². The summed E-state index contributed by atoms with van der Waals surface area (Å²) in [5, 5.41) is 6.31. The highest BCUT2D eigenvalue weighted by atomic mass is 15.1. The van der Waals surface area contributed by atoms with Crippen molar-refractivity contribution < 1.29 is 0 Å². The van der Waals surface area contributed by atoms with Gasteiger partial charge in [-0.2, -0.15) is 0 Å². The highest BCUT2D eigenvalue weighted by Crippen LogP contribution is 2.44. The van der Waals surface area contributed by atoms with Gasteiger partial charge in [0.05, 0.1) is 0 Å². The maximum absolute atomic E-state index is 3.80. The molecule has 0 aliphatic carbocycles. The number of anilines is 4. The lowest BCUT2D eigenvalue weighted by Gasteiger charge is -2.36. The predicted molar refractivity (Wildman–Crippen MR) is 221 cm³/mol. The summed E-state index contributed by atoms with van der Waals surface area (Å²) in [6.45, 7) is 27.1. The lowest BCUT2D eigenvalue weighted by molar-refractivity contribution is 0.229. The van der Waals surface area contributed by atoms with E-state index in [1.807, 2.05) is 0 Å². The SMILES string of the molecule is CCN(CC)c1ccc(C(c2ccc(N(CC)CC)cc2)c2ccc(Nc3ccc(C(CC(C)(C)C)C(C)(C)C)cc3)c3ccccc23)cc1. The van der Waals surface area contributed by atoms with Crippen LogP contribution in [0, 0.1) is 10.8 Å². The van der Waals surface area contributed by atoms with Crippen molar-refractivity contribution in [2.45, 2.75) is 87.5 Å². The Morgan fingerprint density at radius 1 is 0.520 bits per heavy atom. The molecule has 0 fully saturated rings. The Kier molecular flexibility index (Phi) is 11.7. The van der Waals surface area contributed by atoms with Crippen LogP contribution in [0.25, 0.3) is 10.8 Å². The minimum absolute atomic E-state index is 0.0990. The van der Waals surface area contributed by atoms with Crippen LogP contribution < -0.4 is 15.1 Å². The predicted octanol–water partition coefficient (Wildman–Crippen LogP) is 13.0. The highest BCUT2D eigenvalue weighted by molar-refractivity contribution is 5.98. The maximum atomic E-state index is 3.80. The van der Waals surface area contributed by atoms with E-state index in [0.29, 0.717) is 5.92 Å². The topological polar surface area (TPSA) is 18.5 Å². The molecule has 5 aromatic carbocycles. The average Bonchev–Trinajstić information content (AvgIpc) is 3.10. The second kappa shape index (κ2) is 15.8. The van der Waals surface area contributed by atoms with E-state index in [0.717, 1.165) is 44.0 Å². The first-order chi connectivity index (χ1) is 23.9. The van der Waals surface area contributed by atoms with Gasteiger partial charge >= 0.3 is 0 Å². The van der Waals surface area contributed by atoms with Crippen molar-refractivity contribution in [3.63, 3.8) is 0 Å². The van der Waals surface area contributed by atoms with Crippen LogP contribution in [0.5, 0.6) is 0 Å². The maximum Gasteiger partial charge on any atom is 0.0464 e. The highest BCUT2D eigenvalue weighted by Gasteiger charge is 2.30. The first-order valence-electron chi connectivity index (χ1n) is 18.9. The van der Waals surface area contributed by atoms with Gasteiger partial charge in [-0.1, -0.05) is 108 Å². The molecule has 0 aliphatic heterocycles. The molecule has 0 saturated carbocycles. The van der Waals surface area contributed by atoms with Gasteiger partial charge in [-0.3, -0.25) is 0 Å². The molecule has 1 unspecified atom stereocenters. The summed E-state index contributed by atoms with van der Waals surface area (Å²) >= 11 is 0. The molecule has 0 saturated heterocycles. The fourth-order valence-electron chi connectivity index (χ4n) is 7.66. The number of hydrogen-bond acceptors (Lipinski definition) is 3. The van der Waals surface area contributed by atoms with E-state index in [-0.39, 0.29) is 16.7 Å². The van der Waals surface area contributed by atoms with Crippen molar-refractivity contribution in [1.82, 2.24) is 0 Å². The van der Waals surface area contributed by atoms with E-state index in [9.17, 15) is 0 Å². The van der Waals surface area contributed by atoms with Crippen LogP contribution in [0.3, 0.4) is 0 Å². The van der Waals surface area contributed by atoms with Crippen molar-refractivity contribution in [1.29, 1.82) is 0 Å². The van der Waals surface area contributed by atoms with Crippen molar-refractivity contribution in [2.75, 3.05) is 41.3 Å². The molecule has 1 atom stereocenters. The Morgan fingerprint density at radius 2 is 0.980 bits per heavy atom. The molecule has 264 valence electrons. The third-order valence-electron chi connectivity index (χ3n) is 10.4. The number of fused-ring (bicyclic) bond motifs is 1. The van der Waals surface area contributed by atoms with E-state index in [2.05, 4.69) is 194 Å². The monoisotopic (exact) mass is 667 g/mol. The summed E-state index contributed by atoms with van der Waals surface area (Å²) in [5.74, 6) is 0.595. The first-order valence-corrected chi connectivity index (χ1v) is 18.9. The lowest BCUT2D eigenvalue weighted by Crippen LogP contribution is -2.23. The van der Waals surface area contributed by atoms with Crippen LogP contribution in [-0.4, -0.2) is 26.2 Å². The van der Waals surface area contributed by atoms with Gasteiger partial charge in [0.15, 0.2) is 0 Å². The molecule has 0 spiro atoms. The van der Waals surface area contributed by atoms with Gasteiger partial charge in [0.25, 0.3) is 0 Å². The van der Waals surface area contributed by atoms with Crippen LogP contribution in [0.4, 0.5) is 22.7 Å². The van der Waals surface area contributed by atoms with Crippen LogP contribution in [0.15, 0.2) is 109 Å². The zero-order chi connectivity index (χ0) is 36.1. The quantitative estimate of drug-likeness (QED) is 0.126. The van der Waals surface area contributed by atoms with E-state index in [1.54, 1.807) is 0 Å². The molecule has 50 heavy (non-hydrogen) atoms. The van der Waals surface area contributed by atoms with Gasteiger partial charge < -0.3 is 15.1 Å². The number of benzene rings is 5. The van der Waals surface area contributed by atoms with Gasteiger partial charge in [0, 0.05) is 60.2 Å². The second-order valence-corrected chi connectivity index (χ2v) is 16.1. The minimum atomic E-state index is 0.0990. The van der Waals surface area contributed by atoms with Crippen molar-refractivity contribution in [3.8, 4) is 0 Å². The summed E-state index contributed by atoms with van der Waals surface area (Å²) < 4.78 is 0. The lowest BCUT2D eigenvalue weighted by atomic mass is 9.69. The minimum Gasteiger partial charge on any atom is -0.372 e. The number of rotatable bonds is 13. The summed E-state index contributed by atoms with van der Waals surface area (Å²) in [4.78, 5) is 4.82. The molecule has 0 heterocycles. The van der Waals surface area contributed by atoms with E-state index in [4.69, 9.17) is 0 Å². The molecule has 0 aliphatic rings. The molecule has 0 bridgehead atoms. The zero-order valence-electron chi connectivity index (χ0n) is 32.5. The molecule has 3 heteroatoms. The van der Waals surface area contributed by atoms with Gasteiger partial charge in [-0.05, 0) is 121 Å². The largest absolute Gasteiger partial charge is 0.372 e. The van der Waals surface area contributed by atoms with Gasteiger partial charge in [0.2, 0.25) is 0 Å². The summed E-state index contributed by atoms with van der Waals surface area (Å²) in [5.41, 5.74) is 10.6. The fraction of sp³-hybridized carbons (Fsp3) is 0.404. The molecule has 1 N–H and O–H groups in total. The molecule has 0 radical (unpaired) electrons. The van der Waals surface area contributed by atoms with Crippen LogP contribution in [0.2, 0.25) is 0 Å². The smallest absolute Gasteiger partial charge is 0.0464 e. The van der Waals surface area contributed by atoms with Gasteiger partial charge in [0.1, 0.15) is 0 Å². The third-order valence-corrected chi connectivity index (χ3v) is 10.4. The molecule has 5 rings (SSSR count). The molecule has 0 amide bonds. The number of hydrogen-bond donors (Lipinski definition) is 1. The molecule has 3 nitrogen and oxygen atoms in total. The number of nitrogens with zero attached hydrogens (tertiary/aromatic N) is 2. The van der Waals surface area contributed by atoms with E-state index < -0.39 is 0 Å². The molecule has 0 aromatic heterocycles.